The lowest BCUT2D eigenvalue weighted by atomic mass is 9.95. The first-order chi connectivity index (χ1) is 6.72. The van der Waals surface area contributed by atoms with Crippen molar-refractivity contribution in [2.24, 2.45) is 5.92 Å². The number of allylic oxidation sites excluding steroid dienone is 4. The fourth-order valence-corrected chi connectivity index (χ4v) is 1.69. The van der Waals surface area contributed by atoms with Gasteiger partial charge in [0.25, 0.3) is 0 Å². The standard InChI is InChI=1S/C10H11NO3/c1-6-3-2-4-7-5-8(10(12)11-13)14-9(6)7/h2-3,5,7,13H,4H2,1H3,(H,11,12). The van der Waals surface area contributed by atoms with E-state index < -0.39 is 5.91 Å². The van der Waals surface area contributed by atoms with Crippen LogP contribution in [0.2, 0.25) is 0 Å². The van der Waals surface area contributed by atoms with E-state index in [0.717, 1.165) is 17.8 Å². The second-order valence-corrected chi connectivity index (χ2v) is 3.37. The zero-order chi connectivity index (χ0) is 10.1. The average Bonchev–Trinajstić information content (AvgIpc) is 2.62. The van der Waals surface area contributed by atoms with Gasteiger partial charge in [0.15, 0.2) is 5.76 Å². The summed E-state index contributed by atoms with van der Waals surface area (Å²) in [6.45, 7) is 1.94. The molecule has 0 aromatic rings. The van der Waals surface area contributed by atoms with E-state index in [4.69, 9.17) is 9.94 Å². The monoisotopic (exact) mass is 193 g/mol. The van der Waals surface area contributed by atoms with Crippen molar-refractivity contribution in [3.63, 3.8) is 0 Å². The molecule has 0 radical (unpaired) electrons. The first-order valence-corrected chi connectivity index (χ1v) is 4.44. The Morgan fingerprint density at radius 2 is 2.50 bits per heavy atom. The van der Waals surface area contributed by atoms with Gasteiger partial charge in [-0.15, -0.1) is 0 Å². The molecule has 0 saturated heterocycles. The predicted octanol–water partition coefficient (Wildman–Crippen LogP) is 1.26. The molecule has 4 nitrogen and oxygen atoms in total. The van der Waals surface area contributed by atoms with E-state index in [1.165, 1.54) is 0 Å². The third kappa shape index (κ3) is 1.33. The zero-order valence-electron chi connectivity index (χ0n) is 7.78. The van der Waals surface area contributed by atoms with Gasteiger partial charge >= 0.3 is 5.91 Å². The summed E-state index contributed by atoms with van der Waals surface area (Å²) in [6, 6.07) is 0. The van der Waals surface area contributed by atoms with Crippen LogP contribution in [0.25, 0.3) is 0 Å². The molecule has 14 heavy (non-hydrogen) atoms. The summed E-state index contributed by atoms with van der Waals surface area (Å²) in [7, 11) is 0. The molecule has 0 aromatic carbocycles. The van der Waals surface area contributed by atoms with Gasteiger partial charge < -0.3 is 4.74 Å². The smallest absolute Gasteiger partial charge is 0.309 e. The summed E-state index contributed by atoms with van der Waals surface area (Å²) in [5.74, 6) is 0.536. The number of ether oxygens (including phenoxy) is 1. The lowest BCUT2D eigenvalue weighted by Gasteiger charge is -2.14. The number of hydrogen-bond acceptors (Lipinski definition) is 3. The molecule has 1 aliphatic carbocycles. The molecule has 0 bridgehead atoms. The van der Waals surface area contributed by atoms with Crippen molar-refractivity contribution in [3.8, 4) is 0 Å². The van der Waals surface area contributed by atoms with Crippen LogP contribution >= 0.6 is 0 Å². The Bertz CT molecular complexity index is 366. The third-order valence-electron chi connectivity index (χ3n) is 2.38. The number of carbonyl (C=O) groups is 1. The van der Waals surface area contributed by atoms with Crippen LogP contribution in [0.3, 0.4) is 0 Å². The Kier molecular flexibility index (Phi) is 2.13. The lowest BCUT2D eigenvalue weighted by molar-refractivity contribution is -0.128. The lowest BCUT2D eigenvalue weighted by Crippen LogP contribution is -2.20. The molecule has 74 valence electrons. The molecule has 1 heterocycles. The van der Waals surface area contributed by atoms with Crippen molar-refractivity contribution >= 4 is 5.91 Å². The van der Waals surface area contributed by atoms with Gasteiger partial charge in [-0.05, 0) is 25.0 Å². The molecule has 1 atom stereocenters. The Morgan fingerprint density at radius 3 is 3.14 bits per heavy atom. The van der Waals surface area contributed by atoms with Gasteiger partial charge in [-0.25, -0.2) is 5.48 Å². The number of hydroxylamine groups is 1. The van der Waals surface area contributed by atoms with Gasteiger partial charge in [-0.2, -0.15) is 0 Å². The highest BCUT2D eigenvalue weighted by atomic mass is 16.5. The highest BCUT2D eigenvalue weighted by Gasteiger charge is 2.29. The van der Waals surface area contributed by atoms with Crippen LogP contribution in [0.1, 0.15) is 13.3 Å². The molecule has 4 heteroatoms. The van der Waals surface area contributed by atoms with Crippen molar-refractivity contribution in [2.45, 2.75) is 13.3 Å². The van der Waals surface area contributed by atoms with Crippen LogP contribution in [-0.4, -0.2) is 11.1 Å². The molecular formula is C10H11NO3. The normalized spacial score (nSPS) is 24.1. The number of fused-ring (bicyclic) bond motifs is 1. The van der Waals surface area contributed by atoms with E-state index in [0.29, 0.717) is 0 Å². The van der Waals surface area contributed by atoms with E-state index in [1.807, 2.05) is 19.1 Å². The zero-order valence-corrected chi connectivity index (χ0v) is 7.78. The minimum atomic E-state index is -0.597. The summed E-state index contributed by atoms with van der Waals surface area (Å²) in [5.41, 5.74) is 2.58. The van der Waals surface area contributed by atoms with Crippen LogP contribution < -0.4 is 5.48 Å². The first-order valence-electron chi connectivity index (χ1n) is 4.44. The van der Waals surface area contributed by atoms with Crippen molar-refractivity contribution in [1.82, 2.24) is 5.48 Å². The SMILES string of the molecule is CC1=C2OC(C(=O)NO)=CC2CC=C1. The minimum Gasteiger partial charge on any atom is -0.455 e. The molecule has 2 rings (SSSR count). The summed E-state index contributed by atoms with van der Waals surface area (Å²) in [5, 5.41) is 8.44. The fourth-order valence-electron chi connectivity index (χ4n) is 1.69. The maximum atomic E-state index is 11.1. The van der Waals surface area contributed by atoms with E-state index in [1.54, 1.807) is 11.6 Å². The van der Waals surface area contributed by atoms with Crippen LogP contribution in [0.15, 0.2) is 35.3 Å². The Labute approximate surface area is 81.5 Å². The molecule has 0 spiro atoms. The highest BCUT2D eigenvalue weighted by Crippen LogP contribution is 2.35. The van der Waals surface area contributed by atoms with Gasteiger partial charge in [-0.3, -0.25) is 10.0 Å². The topological polar surface area (TPSA) is 58.6 Å². The molecule has 1 unspecified atom stereocenters. The maximum absolute atomic E-state index is 11.1. The number of carbonyl (C=O) groups excluding carboxylic acids is 1. The van der Waals surface area contributed by atoms with Crippen LogP contribution in [0.5, 0.6) is 0 Å². The molecule has 0 aromatic heterocycles. The van der Waals surface area contributed by atoms with Crippen molar-refractivity contribution in [1.29, 1.82) is 0 Å². The first kappa shape index (κ1) is 9.02. The second-order valence-electron chi connectivity index (χ2n) is 3.37. The largest absolute Gasteiger partial charge is 0.455 e. The molecule has 1 amide bonds. The molecule has 2 aliphatic rings. The van der Waals surface area contributed by atoms with Gasteiger partial charge in [0.1, 0.15) is 5.76 Å². The molecule has 0 fully saturated rings. The molecule has 0 saturated carbocycles. The van der Waals surface area contributed by atoms with Crippen LogP contribution in [0, 0.1) is 5.92 Å². The van der Waals surface area contributed by atoms with E-state index in [9.17, 15) is 4.79 Å². The van der Waals surface area contributed by atoms with Crippen LogP contribution in [0.4, 0.5) is 0 Å². The summed E-state index contributed by atoms with van der Waals surface area (Å²) < 4.78 is 5.35. The molecule has 1 aliphatic heterocycles. The van der Waals surface area contributed by atoms with E-state index in [2.05, 4.69) is 0 Å². The Balaban J connectivity index is 2.24. The third-order valence-corrected chi connectivity index (χ3v) is 2.38. The second kappa shape index (κ2) is 3.31. The van der Waals surface area contributed by atoms with Gasteiger partial charge in [0.2, 0.25) is 0 Å². The van der Waals surface area contributed by atoms with Crippen LogP contribution in [-0.2, 0) is 9.53 Å². The maximum Gasteiger partial charge on any atom is 0.309 e. The summed E-state index contributed by atoms with van der Waals surface area (Å²) in [4.78, 5) is 11.1. The van der Waals surface area contributed by atoms with Gasteiger partial charge in [0.05, 0.1) is 0 Å². The minimum absolute atomic E-state index is 0.146. The summed E-state index contributed by atoms with van der Waals surface area (Å²) in [6.07, 6.45) is 6.59. The number of amides is 1. The number of nitrogens with one attached hydrogen (secondary N) is 1. The predicted molar refractivity (Wildman–Crippen MR) is 49.0 cm³/mol. The Morgan fingerprint density at radius 1 is 1.71 bits per heavy atom. The van der Waals surface area contributed by atoms with Gasteiger partial charge in [0, 0.05) is 5.92 Å². The van der Waals surface area contributed by atoms with Gasteiger partial charge in [-0.1, -0.05) is 12.2 Å². The highest BCUT2D eigenvalue weighted by molar-refractivity contribution is 5.91. The average molecular weight is 193 g/mol. The van der Waals surface area contributed by atoms with Crippen molar-refractivity contribution in [3.05, 3.63) is 35.3 Å². The summed E-state index contributed by atoms with van der Waals surface area (Å²) >= 11 is 0. The van der Waals surface area contributed by atoms with Crippen molar-refractivity contribution < 1.29 is 14.7 Å². The van der Waals surface area contributed by atoms with E-state index >= 15 is 0 Å². The number of rotatable bonds is 1. The van der Waals surface area contributed by atoms with E-state index in [-0.39, 0.29) is 11.7 Å². The number of hydrogen-bond donors (Lipinski definition) is 2. The quantitative estimate of drug-likeness (QED) is 0.486. The van der Waals surface area contributed by atoms with Crippen molar-refractivity contribution in [2.75, 3.05) is 0 Å². The Hall–Kier alpha value is -1.55. The molecular weight excluding hydrogens is 182 g/mol. The molecule has 2 N–H and O–H groups in total. The fraction of sp³-hybridized carbons (Fsp3) is 0.300.